The van der Waals surface area contributed by atoms with Gasteiger partial charge in [0.1, 0.15) is 43.0 Å². The first kappa shape index (κ1) is 26.7. The van der Waals surface area contributed by atoms with E-state index in [1.54, 1.807) is 6.33 Å². The Morgan fingerprint density at radius 3 is 2.74 bits per heavy atom. The summed E-state index contributed by atoms with van der Waals surface area (Å²) in [5.74, 6) is 2.15. The van der Waals surface area contributed by atoms with Gasteiger partial charge in [-0.25, -0.2) is 9.97 Å². The third kappa shape index (κ3) is 6.03. The minimum absolute atomic E-state index is 0.187. The van der Waals surface area contributed by atoms with E-state index in [0.717, 1.165) is 40.8 Å². The number of nitriles is 1. The molecule has 0 amide bonds. The number of hydrogen-bond acceptors (Lipinski definition) is 7. The molecule has 2 aromatic heterocycles. The van der Waals surface area contributed by atoms with E-state index < -0.39 is 13.5 Å². The van der Waals surface area contributed by atoms with E-state index in [1.165, 1.54) is 18.5 Å². The molecule has 1 aliphatic carbocycles. The number of hydrogen-bond donors (Lipinski definition) is 1. The summed E-state index contributed by atoms with van der Waals surface area (Å²) in [6.45, 7) is 12.9. The number of benzene rings is 1. The van der Waals surface area contributed by atoms with E-state index in [1.807, 2.05) is 32.0 Å². The summed E-state index contributed by atoms with van der Waals surface area (Å²) in [5.41, 5.74) is 2.59. The van der Waals surface area contributed by atoms with Gasteiger partial charge >= 0.3 is 0 Å². The van der Waals surface area contributed by atoms with Crippen molar-refractivity contribution in [3.63, 3.8) is 0 Å². The monoisotopic (exact) mass is 533 g/mol. The Hall–Kier alpha value is -2.93. The van der Waals surface area contributed by atoms with E-state index >= 15 is 0 Å². The second-order valence-corrected chi connectivity index (χ2v) is 18.0. The zero-order valence-electron chi connectivity index (χ0n) is 23.2. The van der Waals surface area contributed by atoms with Crippen LogP contribution in [0.25, 0.3) is 11.0 Å². The lowest BCUT2D eigenvalue weighted by Gasteiger charge is -2.35. The zero-order chi connectivity index (χ0) is 26.9. The highest BCUT2D eigenvalue weighted by Gasteiger charge is 2.35. The first-order valence-corrected chi connectivity index (χ1v) is 17.3. The molecular weight excluding hydrogens is 494 g/mol. The number of fused-ring (bicyclic) bond motifs is 2. The number of nitrogens with zero attached hydrogens (tertiary/aromatic N) is 4. The fraction of sp³-hybridized carbons (Fsp3) is 0.552. The molecule has 2 aliphatic rings. The highest BCUT2D eigenvalue weighted by molar-refractivity contribution is 6.76. The standard InChI is InChI=1S/C29H39N5O3Si/c1-29(2,16-30)17-37-25-15-36-24-9-7-6-8-21(24)26(25)33-27-22-14-23(20-10-11-20)34(28(22)32-18-31-27)19-35-12-13-38(3,4)5/h6-9,14,18,20,25-26H,10-13,15,17,19H2,1-5H3,(H,31,32,33)/t25-,26-/m0/s1. The molecule has 3 aromatic rings. The van der Waals surface area contributed by atoms with Gasteiger partial charge in [-0.1, -0.05) is 37.8 Å². The number of ether oxygens (including phenoxy) is 3. The van der Waals surface area contributed by atoms with Crippen LogP contribution in [0.4, 0.5) is 5.82 Å². The molecule has 0 spiro atoms. The molecule has 1 aliphatic heterocycles. The van der Waals surface area contributed by atoms with Crippen LogP contribution in [0, 0.1) is 16.7 Å². The summed E-state index contributed by atoms with van der Waals surface area (Å²) in [5, 5.41) is 14.2. The molecule has 1 fully saturated rings. The van der Waals surface area contributed by atoms with Crippen LogP contribution in [0.1, 0.15) is 49.9 Å². The maximum atomic E-state index is 9.49. The van der Waals surface area contributed by atoms with Crippen LogP contribution < -0.4 is 10.1 Å². The molecule has 2 atom stereocenters. The van der Waals surface area contributed by atoms with Crippen LogP contribution in [0.2, 0.25) is 25.7 Å². The normalized spacial score (nSPS) is 19.6. The second-order valence-electron chi connectivity index (χ2n) is 12.4. The molecule has 0 radical (unpaired) electrons. The molecule has 1 saturated carbocycles. The summed E-state index contributed by atoms with van der Waals surface area (Å²) in [6, 6.07) is 13.5. The van der Waals surface area contributed by atoms with Crippen molar-refractivity contribution in [3.8, 4) is 11.8 Å². The molecule has 8 nitrogen and oxygen atoms in total. The molecule has 202 valence electrons. The lowest BCUT2D eigenvalue weighted by Crippen LogP contribution is -2.39. The Balaban J connectivity index is 1.44. The Morgan fingerprint density at radius 2 is 2.00 bits per heavy atom. The molecule has 0 bridgehead atoms. The van der Waals surface area contributed by atoms with Crippen LogP contribution >= 0.6 is 0 Å². The molecule has 1 N–H and O–H groups in total. The number of anilines is 1. The smallest absolute Gasteiger partial charge is 0.147 e. The van der Waals surface area contributed by atoms with Crippen LogP contribution in [0.5, 0.6) is 5.75 Å². The van der Waals surface area contributed by atoms with Gasteiger partial charge in [-0.2, -0.15) is 5.26 Å². The highest BCUT2D eigenvalue weighted by atomic mass is 28.3. The first-order valence-electron chi connectivity index (χ1n) is 13.6. The maximum Gasteiger partial charge on any atom is 0.147 e. The minimum atomic E-state index is -1.16. The SMILES string of the molecule is CC(C)(C#N)CO[C@H]1COc2ccccc2[C@@H]1Nc1ncnc2c1cc(C1CC1)n2COCC[Si](C)(C)C. The lowest BCUT2D eigenvalue weighted by atomic mass is 9.95. The fourth-order valence-corrected chi connectivity index (χ4v) is 5.49. The van der Waals surface area contributed by atoms with Crippen molar-refractivity contribution in [3.05, 3.63) is 47.9 Å². The van der Waals surface area contributed by atoms with E-state index in [0.29, 0.717) is 25.9 Å². The van der Waals surface area contributed by atoms with E-state index in [9.17, 15) is 5.26 Å². The van der Waals surface area contributed by atoms with Gasteiger partial charge < -0.3 is 24.1 Å². The Kier molecular flexibility index (Phi) is 7.49. The number of rotatable bonds is 11. The van der Waals surface area contributed by atoms with Crippen molar-refractivity contribution in [2.24, 2.45) is 5.41 Å². The molecular formula is C29H39N5O3Si. The largest absolute Gasteiger partial charge is 0.490 e. The van der Waals surface area contributed by atoms with Crippen molar-refractivity contribution in [2.45, 2.75) is 77.2 Å². The summed E-state index contributed by atoms with van der Waals surface area (Å²) < 4.78 is 20.7. The van der Waals surface area contributed by atoms with Gasteiger partial charge in [-0.05, 0) is 50.8 Å². The molecule has 9 heteroatoms. The van der Waals surface area contributed by atoms with Gasteiger partial charge in [-0.15, -0.1) is 0 Å². The number of nitrogens with one attached hydrogen (secondary N) is 1. The van der Waals surface area contributed by atoms with Crippen LogP contribution in [0.3, 0.4) is 0 Å². The van der Waals surface area contributed by atoms with E-state index in [2.05, 4.69) is 57.7 Å². The van der Waals surface area contributed by atoms with Crippen molar-refractivity contribution < 1.29 is 14.2 Å². The third-order valence-corrected chi connectivity index (χ3v) is 8.92. The minimum Gasteiger partial charge on any atom is -0.490 e. The fourth-order valence-electron chi connectivity index (χ4n) is 4.73. The Morgan fingerprint density at radius 1 is 1.21 bits per heavy atom. The van der Waals surface area contributed by atoms with Crippen LogP contribution in [0.15, 0.2) is 36.7 Å². The summed E-state index contributed by atoms with van der Waals surface area (Å²) in [7, 11) is -1.16. The lowest BCUT2D eigenvalue weighted by molar-refractivity contribution is -0.0252. The molecule has 38 heavy (non-hydrogen) atoms. The number of aromatic nitrogens is 3. The maximum absolute atomic E-state index is 9.49. The Bertz CT molecular complexity index is 1320. The zero-order valence-corrected chi connectivity index (χ0v) is 24.2. The predicted octanol–water partition coefficient (Wildman–Crippen LogP) is 6.10. The average Bonchev–Trinajstić information content (AvgIpc) is 3.67. The van der Waals surface area contributed by atoms with Crippen LogP contribution in [-0.2, 0) is 16.2 Å². The molecule has 1 aromatic carbocycles. The van der Waals surface area contributed by atoms with Crippen molar-refractivity contribution in [1.29, 1.82) is 5.26 Å². The topological polar surface area (TPSA) is 94.2 Å². The third-order valence-electron chi connectivity index (χ3n) is 7.22. The van der Waals surface area contributed by atoms with Gasteiger partial charge in [0.15, 0.2) is 0 Å². The van der Waals surface area contributed by atoms with E-state index in [-0.39, 0.29) is 12.1 Å². The average molecular weight is 534 g/mol. The van der Waals surface area contributed by atoms with Crippen molar-refractivity contribution >= 4 is 24.9 Å². The summed E-state index contributed by atoms with van der Waals surface area (Å²) in [6.07, 6.45) is 3.73. The molecule has 0 saturated heterocycles. The van der Waals surface area contributed by atoms with Gasteiger partial charge in [0.05, 0.1) is 29.5 Å². The quantitative estimate of drug-likeness (QED) is 0.235. The van der Waals surface area contributed by atoms with Gasteiger partial charge in [0, 0.05) is 25.9 Å². The molecule has 0 unspecified atom stereocenters. The van der Waals surface area contributed by atoms with Gasteiger partial charge in [0.2, 0.25) is 0 Å². The Labute approximate surface area is 226 Å². The van der Waals surface area contributed by atoms with Gasteiger partial charge in [-0.3, -0.25) is 0 Å². The summed E-state index contributed by atoms with van der Waals surface area (Å²) in [4.78, 5) is 9.36. The predicted molar refractivity (Wildman–Crippen MR) is 151 cm³/mol. The first-order chi connectivity index (χ1) is 18.1. The second kappa shape index (κ2) is 10.7. The van der Waals surface area contributed by atoms with Crippen molar-refractivity contribution in [2.75, 3.05) is 25.1 Å². The van der Waals surface area contributed by atoms with Crippen molar-refractivity contribution in [1.82, 2.24) is 14.5 Å². The molecule has 5 rings (SSSR count). The number of para-hydroxylation sites is 1. The highest BCUT2D eigenvalue weighted by Crippen LogP contribution is 2.43. The van der Waals surface area contributed by atoms with Gasteiger partial charge in [0.25, 0.3) is 0 Å². The van der Waals surface area contributed by atoms with E-state index in [4.69, 9.17) is 14.2 Å². The van der Waals surface area contributed by atoms with Crippen LogP contribution in [-0.4, -0.2) is 48.5 Å². The summed E-state index contributed by atoms with van der Waals surface area (Å²) >= 11 is 0. The molecule has 3 heterocycles.